The van der Waals surface area contributed by atoms with E-state index in [-0.39, 0.29) is 5.92 Å². The maximum atomic E-state index is 11.3. The first kappa shape index (κ1) is 13.0. The van der Waals surface area contributed by atoms with Crippen LogP contribution in [-0.4, -0.2) is 31.5 Å². The van der Waals surface area contributed by atoms with Crippen LogP contribution in [0.3, 0.4) is 0 Å². The molecule has 1 unspecified atom stereocenters. The first-order valence-electron chi connectivity index (χ1n) is 5.93. The Morgan fingerprint density at radius 3 is 3.00 bits per heavy atom. The molecule has 2 N–H and O–H groups in total. The monoisotopic (exact) mass is 274 g/mol. The summed E-state index contributed by atoms with van der Waals surface area (Å²) in [5.41, 5.74) is 5.46. The molecule has 1 aromatic rings. The van der Waals surface area contributed by atoms with Gasteiger partial charge in [0.25, 0.3) is 0 Å². The highest BCUT2D eigenvalue weighted by Crippen LogP contribution is 2.25. The minimum atomic E-state index is -2.76. The summed E-state index contributed by atoms with van der Waals surface area (Å²) in [5.74, 6) is 0.960. The molecule has 0 saturated carbocycles. The summed E-state index contributed by atoms with van der Waals surface area (Å²) in [6, 6.07) is 0. The topological polar surface area (TPSA) is 73.0 Å². The van der Waals surface area contributed by atoms with Gasteiger partial charge < -0.3 is 5.73 Å². The highest BCUT2D eigenvalue weighted by atomic mass is 32.2. The molecule has 0 spiro atoms. The van der Waals surface area contributed by atoms with Gasteiger partial charge in [-0.1, -0.05) is 0 Å². The highest BCUT2D eigenvalue weighted by molar-refractivity contribution is 7.91. The summed E-state index contributed by atoms with van der Waals surface area (Å²) in [7, 11) is -2.76. The Morgan fingerprint density at radius 1 is 1.53 bits per heavy atom. The predicted molar refractivity (Wildman–Crippen MR) is 70.0 cm³/mol. The molecule has 0 radical (unpaired) electrons. The van der Waals surface area contributed by atoms with Crippen molar-refractivity contribution in [1.29, 1.82) is 0 Å². The van der Waals surface area contributed by atoms with Gasteiger partial charge in [0, 0.05) is 17.5 Å². The molecule has 6 heteroatoms. The van der Waals surface area contributed by atoms with E-state index in [2.05, 4.69) is 4.98 Å². The first-order valence-corrected chi connectivity index (χ1v) is 8.57. The molecule has 1 fully saturated rings. The third kappa shape index (κ3) is 3.76. The highest BCUT2D eigenvalue weighted by Gasteiger charge is 2.28. The van der Waals surface area contributed by atoms with Crippen LogP contribution in [-0.2, 0) is 22.7 Å². The average molecular weight is 274 g/mol. The number of rotatable bonds is 5. The first-order chi connectivity index (χ1) is 8.09. The van der Waals surface area contributed by atoms with Crippen LogP contribution in [0, 0.1) is 5.92 Å². The van der Waals surface area contributed by atoms with Crippen molar-refractivity contribution < 1.29 is 8.42 Å². The second-order valence-corrected chi connectivity index (χ2v) is 8.01. The molecular weight excluding hydrogens is 256 g/mol. The van der Waals surface area contributed by atoms with Crippen molar-refractivity contribution in [2.75, 3.05) is 18.1 Å². The lowest BCUT2D eigenvalue weighted by Gasteiger charge is -2.03. The number of aryl methyl sites for hydroxylation is 1. The maximum absolute atomic E-state index is 11.3. The van der Waals surface area contributed by atoms with E-state index in [0.29, 0.717) is 18.1 Å². The fraction of sp³-hybridized carbons (Fsp3) is 0.727. The fourth-order valence-corrected chi connectivity index (χ4v) is 5.05. The van der Waals surface area contributed by atoms with E-state index in [0.717, 1.165) is 30.7 Å². The molecule has 4 nitrogen and oxygen atoms in total. The van der Waals surface area contributed by atoms with Crippen LogP contribution in [0.2, 0.25) is 0 Å². The van der Waals surface area contributed by atoms with Gasteiger partial charge in [-0.05, 0) is 31.7 Å². The number of nitrogens with two attached hydrogens (primary N) is 1. The van der Waals surface area contributed by atoms with Crippen molar-refractivity contribution in [2.24, 2.45) is 11.7 Å². The average Bonchev–Trinajstić information content (AvgIpc) is 2.83. The van der Waals surface area contributed by atoms with Crippen molar-refractivity contribution in [3.05, 3.63) is 16.1 Å². The minimum absolute atomic E-state index is 0.272. The summed E-state index contributed by atoms with van der Waals surface area (Å²) in [6.07, 6.45) is 5.47. The number of sulfone groups is 1. The van der Waals surface area contributed by atoms with Gasteiger partial charge in [0.05, 0.1) is 16.5 Å². The Kier molecular flexibility index (Phi) is 4.17. The Balaban J connectivity index is 1.89. The zero-order valence-electron chi connectivity index (χ0n) is 9.76. The van der Waals surface area contributed by atoms with E-state index in [1.54, 1.807) is 11.3 Å². The quantitative estimate of drug-likeness (QED) is 0.870. The smallest absolute Gasteiger partial charge is 0.150 e. The van der Waals surface area contributed by atoms with Crippen LogP contribution >= 0.6 is 11.3 Å². The third-order valence-electron chi connectivity index (χ3n) is 3.02. The van der Waals surface area contributed by atoms with Crippen molar-refractivity contribution in [3.8, 4) is 0 Å². The van der Waals surface area contributed by atoms with Gasteiger partial charge in [0.1, 0.15) is 0 Å². The van der Waals surface area contributed by atoms with E-state index in [9.17, 15) is 8.42 Å². The van der Waals surface area contributed by atoms with Crippen LogP contribution < -0.4 is 5.73 Å². The van der Waals surface area contributed by atoms with Gasteiger partial charge in [-0.15, -0.1) is 11.3 Å². The number of hydrogen-bond donors (Lipinski definition) is 1. The second-order valence-electron chi connectivity index (χ2n) is 4.59. The van der Waals surface area contributed by atoms with Crippen LogP contribution in [0.15, 0.2) is 6.20 Å². The molecule has 1 saturated heterocycles. The summed E-state index contributed by atoms with van der Waals surface area (Å²) < 4.78 is 22.7. The lowest BCUT2D eigenvalue weighted by molar-refractivity contribution is 0.582. The zero-order valence-corrected chi connectivity index (χ0v) is 11.4. The Labute approximate surface area is 106 Å². The Bertz CT molecular complexity index is 468. The van der Waals surface area contributed by atoms with E-state index in [4.69, 9.17) is 5.73 Å². The number of nitrogens with zero attached hydrogens (tertiary/aromatic N) is 1. The fourth-order valence-electron chi connectivity index (χ4n) is 2.11. The SMILES string of the molecule is NCCCc1cnc(CC2CCS(=O)(=O)C2)s1. The minimum Gasteiger partial charge on any atom is -0.330 e. The van der Waals surface area contributed by atoms with Gasteiger partial charge in [0.2, 0.25) is 0 Å². The molecule has 1 aliphatic rings. The number of hydrogen-bond acceptors (Lipinski definition) is 5. The molecule has 1 aliphatic heterocycles. The molecular formula is C11H18N2O2S2. The van der Waals surface area contributed by atoms with Crippen molar-refractivity contribution in [3.63, 3.8) is 0 Å². The third-order valence-corrected chi connectivity index (χ3v) is 5.94. The Hall–Kier alpha value is -0.460. The van der Waals surface area contributed by atoms with Crippen molar-refractivity contribution in [1.82, 2.24) is 4.98 Å². The maximum Gasteiger partial charge on any atom is 0.150 e. The van der Waals surface area contributed by atoms with E-state index >= 15 is 0 Å². The summed E-state index contributed by atoms with van der Waals surface area (Å²) in [5, 5.41) is 1.07. The normalized spacial score (nSPS) is 23.0. The van der Waals surface area contributed by atoms with E-state index < -0.39 is 9.84 Å². The lowest BCUT2D eigenvalue weighted by atomic mass is 10.1. The molecule has 0 aromatic carbocycles. The second kappa shape index (κ2) is 5.46. The van der Waals surface area contributed by atoms with Gasteiger partial charge in [-0.3, -0.25) is 0 Å². The lowest BCUT2D eigenvalue weighted by Crippen LogP contribution is -2.07. The van der Waals surface area contributed by atoms with Gasteiger partial charge in [-0.25, -0.2) is 13.4 Å². The molecule has 17 heavy (non-hydrogen) atoms. The van der Waals surface area contributed by atoms with Gasteiger partial charge in [-0.2, -0.15) is 0 Å². The number of thiazole rings is 1. The Morgan fingerprint density at radius 2 is 2.35 bits per heavy atom. The summed E-state index contributed by atoms with van der Waals surface area (Å²) in [4.78, 5) is 5.62. The van der Waals surface area contributed by atoms with Crippen molar-refractivity contribution in [2.45, 2.75) is 25.7 Å². The van der Waals surface area contributed by atoms with Crippen LogP contribution in [0.1, 0.15) is 22.7 Å². The van der Waals surface area contributed by atoms with Crippen LogP contribution in [0.5, 0.6) is 0 Å². The molecule has 1 atom stereocenters. The van der Waals surface area contributed by atoms with Crippen LogP contribution in [0.25, 0.3) is 0 Å². The van der Waals surface area contributed by atoms with E-state index in [1.807, 2.05) is 6.20 Å². The largest absolute Gasteiger partial charge is 0.330 e. The van der Waals surface area contributed by atoms with Gasteiger partial charge >= 0.3 is 0 Å². The molecule has 0 bridgehead atoms. The van der Waals surface area contributed by atoms with Gasteiger partial charge in [0.15, 0.2) is 9.84 Å². The molecule has 0 aliphatic carbocycles. The predicted octanol–water partition coefficient (Wildman–Crippen LogP) is 1.01. The number of aromatic nitrogens is 1. The molecule has 2 rings (SSSR count). The standard InChI is InChI=1S/C11H18N2O2S2/c12-4-1-2-10-7-13-11(16-10)6-9-3-5-17(14,15)8-9/h7,9H,1-6,8,12H2. The van der Waals surface area contributed by atoms with Crippen molar-refractivity contribution >= 4 is 21.2 Å². The summed E-state index contributed by atoms with van der Waals surface area (Å²) in [6.45, 7) is 0.702. The molecule has 1 aromatic heterocycles. The molecule has 2 heterocycles. The molecule has 0 amide bonds. The zero-order chi connectivity index (χ0) is 12.3. The summed E-state index contributed by atoms with van der Waals surface area (Å²) >= 11 is 1.70. The van der Waals surface area contributed by atoms with Crippen LogP contribution in [0.4, 0.5) is 0 Å². The van der Waals surface area contributed by atoms with E-state index in [1.165, 1.54) is 4.88 Å². The molecule has 96 valence electrons.